The van der Waals surface area contributed by atoms with Gasteiger partial charge in [0.2, 0.25) is 11.7 Å². The first-order valence-electron chi connectivity index (χ1n) is 10.3. The molecule has 1 saturated heterocycles. The molecule has 8 heteroatoms. The summed E-state index contributed by atoms with van der Waals surface area (Å²) in [7, 11) is 2.01. The number of carbonyl (C=O) groups excluding carboxylic acids is 2. The third-order valence-corrected chi connectivity index (χ3v) is 5.58. The molecule has 31 heavy (non-hydrogen) atoms. The molecule has 2 aromatic carbocycles. The van der Waals surface area contributed by atoms with Gasteiger partial charge in [0.25, 0.3) is 5.56 Å². The van der Waals surface area contributed by atoms with Gasteiger partial charge in [0.05, 0.1) is 10.9 Å². The minimum absolute atomic E-state index is 0.00836. The van der Waals surface area contributed by atoms with Gasteiger partial charge in [-0.3, -0.25) is 14.4 Å². The highest BCUT2D eigenvalue weighted by Gasteiger charge is 2.21. The van der Waals surface area contributed by atoms with Crippen molar-refractivity contribution in [2.75, 3.05) is 32.0 Å². The Morgan fingerprint density at radius 2 is 1.97 bits per heavy atom. The van der Waals surface area contributed by atoms with Crippen LogP contribution in [0.5, 0.6) is 0 Å². The average molecular weight is 419 g/mol. The van der Waals surface area contributed by atoms with E-state index >= 15 is 0 Å². The maximum absolute atomic E-state index is 12.7. The number of carbonyl (C=O) groups is 2. The number of amides is 1. The van der Waals surface area contributed by atoms with E-state index in [1.165, 1.54) is 0 Å². The number of nitrogens with one attached hydrogen (secondary N) is 3. The van der Waals surface area contributed by atoms with Crippen molar-refractivity contribution >= 4 is 28.3 Å². The summed E-state index contributed by atoms with van der Waals surface area (Å²) in [6, 6.07) is 12.1. The lowest BCUT2D eigenvalue weighted by molar-refractivity contribution is -0.117. The van der Waals surface area contributed by atoms with Crippen LogP contribution in [0.3, 0.4) is 0 Å². The van der Waals surface area contributed by atoms with E-state index in [4.69, 9.17) is 0 Å². The number of hydrogen-bond donors (Lipinski definition) is 3. The van der Waals surface area contributed by atoms with Gasteiger partial charge in [0, 0.05) is 43.3 Å². The van der Waals surface area contributed by atoms with E-state index in [1.54, 1.807) is 30.3 Å². The van der Waals surface area contributed by atoms with E-state index in [0.717, 1.165) is 25.2 Å². The van der Waals surface area contributed by atoms with Gasteiger partial charge in [-0.2, -0.15) is 0 Å². The molecule has 8 nitrogen and oxygen atoms in total. The molecular formula is C23H25N5O3. The van der Waals surface area contributed by atoms with Gasteiger partial charge >= 0.3 is 0 Å². The number of anilines is 1. The van der Waals surface area contributed by atoms with E-state index in [-0.39, 0.29) is 23.6 Å². The number of nitrogens with zero attached hydrogens (tertiary/aromatic N) is 2. The predicted octanol–water partition coefficient (Wildman–Crippen LogP) is 1.69. The third kappa shape index (κ3) is 4.70. The first-order chi connectivity index (χ1) is 14.9. The van der Waals surface area contributed by atoms with Crippen LogP contribution in [0.2, 0.25) is 0 Å². The Bertz CT molecular complexity index is 1190. The molecule has 1 atom stereocenters. The second kappa shape index (κ2) is 8.79. The number of aryl methyl sites for hydroxylation is 1. The molecule has 1 fully saturated rings. The molecule has 4 rings (SSSR count). The highest BCUT2D eigenvalue weighted by molar-refractivity contribution is 6.07. The number of ketones is 1. The molecule has 0 radical (unpaired) electrons. The highest BCUT2D eigenvalue weighted by atomic mass is 16.2. The number of fused-ring (bicyclic) bond motifs is 1. The summed E-state index contributed by atoms with van der Waals surface area (Å²) in [6.45, 7) is 4.52. The molecular weight excluding hydrogens is 394 g/mol. The minimum Gasteiger partial charge on any atom is -0.326 e. The number of benzene rings is 2. The molecule has 1 amide bonds. The smallest absolute Gasteiger partial charge is 0.259 e. The minimum atomic E-state index is -0.423. The van der Waals surface area contributed by atoms with Crippen molar-refractivity contribution in [3.8, 4) is 0 Å². The zero-order valence-corrected chi connectivity index (χ0v) is 17.6. The van der Waals surface area contributed by atoms with Gasteiger partial charge in [-0.25, -0.2) is 4.98 Å². The van der Waals surface area contributed by atoms with Crippen molar-refractivity contribution < 1.29 is 9.59 Å². The molecule has 1 aromatic heterocycles. The van der Waals surface area contributed by atoms with E-state index in [0.29, 0.717) is 28.6 Å². The Balaban J connectivity index is 1.53. The fourth-order valence-corrected chi connectivity index (χ4v) is 3.68. The molecule has 1 unspecified atom stereocenters. The van der Waals surface area contributed by atoms with E-state index < -0.39 is 5.56 Å². The van der Waals surface area contributed by atoms with Gasteiger partial charge < -0.3 is 20.5 Å². The molecule has 0 bridgehead atoms. The average Bonchev–Trinajstić information content (AvgIpc) is 2.75. The zero-order chi connectivity index (χ0) is 22.0. The maximum atomic E-state index is 12.7. The Morgan fingerprint density at radius 1 is 1.19 bits per heavy atom. The summed E-state index contributed by atoms with van der Waals surface area (Å²) in [5.74, 6) is -0.469. The lowest BCUT2D eigenvalue weighted by Crippen LogP contribution is -2.50. The molecule has 3 N–H and O–H groups in total. The van der Waals surface area contributed by atoms with Crippen LogP contribution in [0, 0.1) is 6.92 Å². The first kappa shape index (κ1) is 20.9. The van der Waals surface area contributed by atoms with Crippen molar-refractivity contribution in [2.45, 2.75) is 19.4 Å². The SMILES string of the molecule is Cc1ccc(C(=O)c2nc3ccc(NC(=O)CC4CNCCN4C)cc3c(=O)[nH]2)cc1. The monoisotopic (exact) mass is 419 g/mol. The summed E-state index contributed by atoms with van der Waals surface area (Å²) in [4.78, 5) is 46.8. The molecule has 1 aliphatic rings. The zero-order valence-electron chi connectivity index (χ0n) is 17.6. The Hall–Kier alpha value is -3.36. The fraction of sp³-hybridized carbons (Fsp3) is 0.304. The first-order valence-corrected chi connectivity index (χ1v) is 10.3. The third-order valence-electron chi connectivity index (χ3n) is 5.58. The molecule has 160 valence electrons. The highest BCUT2D eigenvalue weighted by Crippen LogP contribution is 2.17. The number of likely N-dealkylation sites (N-methyl/N-ethyl adjacent to an activating group) is 1. The van der Waals surface area contributed by atoms with Crippen LogP contribution in [0.1, 0.15) is 28.2 Å². The molecule has 0 spiro atoms. The topological polar surface area (TPSA) is 107 Å². The normalized spacial score (nSPS) is 16.9. The summed E-state index contributed by atoms with van der Waals surface area (Å²) < 4.78 is 0. The summed E-state index contributed by atoms with van der Waals surface area (Å²) in [5.41, 5.74) is 1.99. The van der Waals surface area contributed by atoms with Gasteiger partial charge in [-0.05, 0) is 32.2 Å². The van der Waals surface area contributed by atoms with Crippen molar-refractivity contribution in [1.82, 2.24) is 20.2 Å². The Kier molecular flexibility index (Phi) is 5.92. The van der Waals surface area contributed by atoms with Crippen LogP contribution in [0.4, 0.5) is 5.69 Å². The van der Waals surface area contributed by atoms with E-state index in [2.05, 4.69) is 25.5 Å². The molecule has 0 aliphatic carbocycles. The standard InChI is InChI=1S/C23H25N5O3/c1-14-3-5-15(6-4-14)21(30)22-26-19-8-7-16(11-18(19)23(31)27-22)25-20(29)12-17-13-24-9-10-28(17)2/h3-8,11,17,24H,9-10,12-13H2,1-2H3,(H,25,29)(H,26,27,31). The number of H-pyrrole nitrogens is 1. The summed E-state index contributed by atoms with van der Waals surface area (Å²) in [6.07, 6.45) is 0.361. The second-order valence-corrected chi connectivity index (χ2v) is 7.93. The number of aromatic amines is 1. The largest absolute Gasteiger partial charge is 0.326 e. The second-order valence-electron chi connectivity index (χ2n) is 7.93. The van der Waals surface area contributed by atoms with Crippen LogP contribution in [-0.2, 0) is 4.79 Å². The van der Waals surface area contributed by atoms with Crippen molar-refractivity contribution in [1.29, 1.82) is 0 Å². The van der Waals surface area contributed by atoms with Gasteiger partial charge in [0.15, 0.2) is 5.82 Å². The number of rotatable bonds is 5. The van der Waals surface area contributed by atoms with Crippen LogP contribution in [-0.4, -0.2) is 59.3 Å². The van der Waals surface area contributed by atoms with Gasteiger partial charge in [-0.1, -0.05) is 29.8 Å². The van der Waals surface area contributed by atoms with Crippen LogP contribution >= 0.6 is 0 Å². The van der Waals surface area contributed by atoms with E-state index in [9.17, 15) is 14.4 Å². The number of piperazine rings is 1. The van der Waals surface area contributed by atoms with Gasteiger partial charge in [-0.15, -0.1) is 0 Å². The number of aromatic nitrogens is 2. The molecule has 2 heterocycles. The van der Waals surface area contributed by atoms with Crippen molar-refractivity contribution in [3.05, 3.63) is 69.8 Å². The number of hydrogen-bond acceptors (Lipinski definition) is 6. The van der Waals surface area contributed by atoms with Crippen molar-refractivity contribution in [2.24, 2.45) is 0 Å². The summed E-state index contributed by atoms with van der Waals surface area (Å²) >= 11 is 0. The van der Waals surface area contributed by atoms with Crippen molar-refractivity contribution in [3.63, 3.8) is 0 Å². The Morgan fingerprint density at radius 3 is 2.71 bits per heavy atom. The van der Waals surface area contributed by atoms with Crippen LogP contribution in [0.15, 0.2) is 47.3 Å². The lowest BCUT2D eigenvalue weighted by atomic mass is 10.1. The quantitative estimate of drug-likeness (QED) is 0.544. The Labute approximate surface area is 179 Å². The molecule has 3 aromatic rings. The van der Waals surface area contributed by atoms with Gasteiger partial charge in [0.1, 0.15) is 0 Å². The van der Waals surface area contributed by atoms with Crippen LogP contribution in [0.25, 0.3) is 10.9 Å². The molecule has 0 saturated carbocycles. The lowest BCUT2D eigenvalue weighted by Gasteiger charge is -2.32. The summed E-state index contributed by atoms with van der Waals surface area (Å²) in [5, 5.41) is 6.46. The predicted molar refractivity (Wildman–Crippen MR) is 120 cm³/mol. The van der Waals surface area contributed by atoms with E-state index in [1.807, 2.05) is 26.1 Å². The molecule has 1 aliphatic heterocycles. The fourth-order valence-electron chi connectivity index (χ4n) is 3.68. The van der Waals surface area contributed by atoms with Crippen LogP contribution < -0.4 is 16.2 Å². The maximum Gasteiger partial charge on any atom is 0.259 e.